The van der Waals surface area contributed by atoms with E-state index in [1.54, 1.807) is 13.1 Å². The summed E-state index contributed by atoms with van der Waals surface area (Å²) in [5, 5.41) is 0. The quantitative estimate of drug-likeness (QED) is 0.598. The van der Waals surface area contributed by atoms with E-state index >= 15 is 0 Å². The number of benzene rings is 1. The molecule has 0 aliphatic rings. The molecule has 11 heavy (non-hydrogen) atoms. The molecule has 0 unspecified atom stereocenters. The van der Waals surface area contributed by atoms with Crippen LogP contribution in [0.25, 0.3) is 0 Å². The van der Waals surface area contributed by atoms with Gasteiger partial charge >= 0.3 is 0 Å². The van der Waals surface area contributed by atoms with Crippen LogP contribution in [0.3, 0.4) is 0 Å². The van der Waals surface area contributed by atoms with Crippen molar-refractivity contribution in [1.82, 2.24) is 0 Å². The first kappa shape index (κ1) is 5.35. The molecule has 0 saturated carbocycles. The Morgan fingerprint density at radius 3 is 2.82 bits per heavy atom. The summed E-state index contributed by atoms with van der Waals surface area (Å²) in [5.74, 6) is -0.0860. The lowest BCUT2D eigenvalue weighted by Gasteiger charge is -2.13. The van der Waals surface area contributed by atoms with Gasteiger partial charge in [0.25, 0.3) is 0 Å². The van der Waals surface area contributed by atoms with Crippen LogP contribution in [0.4, 0.5) is 5.69 Å². The molecule has 0 aliphatic carbocycles. The first-order valence-corrected chi connectivity index (χ1v) is 3.34. The fourth-order valence-corrected chi connectivity index (χ4v) is 0.729. The van der Waals surface area contributed by atoms with Gasteiger partial charge in [0.05, 0.1) is 2.74 Å². The minimum atomic E-state index is -0.0860. The highest BCUT2D eigenvalue weighted by Gasteiger charge is 2.02. The van der Waals surface area contributed by atoms with Crippen LogP contribution in [-0.2, 0) is 4.79 Å². The number of carbonyl (C=O) groups is 1. The number of carbonyl (C=O) groups excluding carboxylic acids is 1. The lowest BCUT2D eigenvalue weighted by Crippen LogP contribution is -2.22. The maximum Gasteiger partial charge on any atom is 0.223 e. The highest BCUT2D eigenvalue weighted by atomic mass is 16.2. The van der Waals surface area contributed by atoms with Gasteiger partial charge in [-0.2, -0.15) is 0 Å². The molecule has 58 valence electrons. The standard InChI is InChI=1S/C9H11NO/c1-8(11)10(2)9-6-4-3-5-7-9/h3-7H,1-2H3/i3D,4D. The fraction of sp³-hybridized carbons (Fsp3) is 0.222. The Bertz CT molecular complexity index is 338. The van der Waals surface area contributed by atoms with E-state index in [9.17, 15) is 4.79 Å². The predicted octanol–water partition coefficient (Wildman–Crippen LogP) is 1.67. The fourth-order valence-electron chi connectivity index (χ4n) is 0.729. The number of hydrogen-bond donors (Lipinski definition) is 0. The number of anilines is 1. The molecular weight excluding hydrogens is 138 g/mol. The Morgan fingerprint density at radius 2 is 2.27 bits per heavy atom. The molecule has 2 heteroatoms. The molecule has 1 aromatic rings. The zero-order valence-corrected chi connectivity index (χ0v) is 6.59. The van der Waals surface area contributed by atoms with Crippen LogP contribution < -0.4 is 4.90 Å². The number of rotatable bonds is 1. The van der Waals surface area contributed by atoms with Gasteiger partial charge in [0.1, 0.15) is 0 Å². The molecule has 0 fully saturated rings. The van der Waals surface area contributed by atoms with Gasteiger partial charge in [0.2, 0.25) is 5.91 Å². The molecule has 0 heterocycles. The zero-order valence-electron chi connectivity index (χ0n) is 8.59. The first-order chi connectivity index (χ1) is 6.02. The molecule has 1 aromatic carbocycles. The molecule has 0 spiro atoms. The number of amides is 1. The minimum Gasteiger partial charge on any atom is -0.316 e. The van der Waals surface area contributed by atoms with Crippen molar-refractivity contribution in [3.05, 3.63) is 30.3 Å². The predicted molar refractivity (Wildman–Crippen MR) is 45.5 cm³/mol. The van der Waals surface area contributed by atoms with Crippen LogP contribution in [-0.4, -0.2) is 13.0 Å². The van der Waals surface area contributed by atoms with Crippen molar-refractivity contribution < 1.29 is 7.54 Å². The number of nitrogens with zero attached hydrogens (tertiary/aromatic N) is 1. The summed E-state index contributed by atoms with van der Waals surface area (Å²) in [7, 11) is 1.64. The van der Waals surface area contributed by atoms with E-state index < -0.39 is 0 Å². The van der Waals surface area contributed by atoms with Gasteiger partial charge < -0.3 is 4.90 Å². The van der Waals surface area contributed by atoms with Gasteiger partial charge in [0.15, 0.2) is 0 Å². The molecular formula is C9H11NO. The van der Waals surface area contributed by atoms with Crippen LogP contribution in [0.15, 0.2) is 30.3 Å². The van der Waals surface area contributed by atoms with Gasteiger partial charge in [0, 0.05) is 19.7 Å². The van der Waals surface area contributed by atoms with Crippen LogP contribution in [0, 0.1) is 0 Å². The number of hydrogen-bond acceptors (Lipinski definition) is 1. The minimum absolute atomic E-state index is 0.0860. The molecule has 0 atom stereocenters. The van der Waals surface area contributed by atoms with Gasteiger partial charge in [-0.15, -0.1) is 0 Å². The Morgan fingerprint density at radius 1 is 1.55 bits per heavy atom. The van der Waals surface area contributed by atoms with Crippen LogP contribution in [0.1, 0.15) is 9.67 Å². The van der Waals surface area contributed by atoms with Gasteiger partial charge in [-0.25, -0.2) is 0 Å². The van der Waals surface area contributed by atoms with Gasteiger partial charge in [-0.1, -0.05) is 18.2 Å². The Kier molecular flexibility index (Phi) is 1.55. The molecule has 1 amide bonds. The maximum absolute atomic E-state index is 11.0. The van der Waals surface area contributed by atoms with E-state index in [0.29, 0.717) is 5.69 Å². The lowest BCUT2D eigenvalue weighted by molar-refractivity contribution is -0.116. The Hall–Kier alpha value is -1.31. The molecule has 0 bridgehead atoms. The van der Waals surface area contributed by atoms with E-state index in [1.807, 2.05) is 0 Å². The summed E-state index contributed by atoms with van der Waals surface area (Å²) < 4.78 is 14.6. The molecule has 0 radical (unpaired) electrons. The van der Waals surface area contributed by atoms with Crippen molar-refractivity contribution in [1.29, 1.82) is 0 Å². The average molecular weight is 151 g/mol. The van der Waals surface area contributed by atoms with Crippen LogP contribution >= 0.6 is 0 Å². The molecule has 0 aromatic heterocycles. The number of para-hydroxylation sites is 1. The van der Waals surface area contributed by atoms with Crippen molar-refractivity contribution in [2.45, 2.75) is 6.92 Å². The SMILES string of the molecule is [2H]c1ccc(N(C)C(C)=O)cc1[2H]. The largest absolute Gasteiger partial charge is 0.316 e. The third-order valence-electron chi connectivity index (χ3n) is 1.50. The molecule has 2 nitrogen and oxygen atoms in total. The summed E-state index contributed by atoms with van der Waals surface area (Å²) >= 11 is 0. The lowest BCUT2D eigenvalue weighted by atomic mass is 10.3. The summed E-state index contributed by atoms with van der Waals surface area (Å²) in [6.07, 6.45) is 0. The molecule has 1 rings (SSSR count). The topological polar surface area (TPSA) is 20.3 Å². The summed E-state index contributed by atoms with van der Waals surface area (Å²) in [4.78, 5) is 12.4. The Labute approximate surface area is 69.3 Å². The Balaban J connectivity index is 3.03. The summed E-state index contributed by atoms with van der Waals surface area (Å²) in [5.41, 5.74) is 0.647. The summed E-state index contributed by atoms with van der Waals surface area (Å²) in [6.45, 7) is 1.46. The van der Waals surface area contributed by atoms with Gasteiger partial charge in [-0.3, -0.25) is 4.79 Å². The third-order valence-corrected chi connectivity index (χ3v) is 1.50. The highest BCUT2D eigenvalue weighted by molar-refractivity contribution is 5.90. The van der Waals surface area contributed by atoms with Gasteiger partial charge in [-0.05, 0) is 12.1 Å². The van der Waals surface area contributed by atoms with Crippen molar-refractivity contribution >= 4 is 11.6 Å². The van der Waals surface area contributed by atoms with Crippen molar-refractivity contribution in [2.75, 3.05) is 11.9 Å². The average Bonchev–Trinajstić information content (AvgIpc) is 2.08. The van der Waals surface area contributed by atoms with E-state index in [1.165, 1.54) is 24.0 Å². The van der Waals surface area contributed by atoms with E-state index in [2.05, 4.69) is 0 Å². The van der Waals surface area contributed by atoms with Crippen molar-refractivity contribution in [2.24, 2.45) is 0 Å². The smallest absolute Gasteiger partial charge is 0.223 e. The van der Waals surface area contributed by atoms with E-state index in [0.717, 1.165) is 0 Å². The zero-order chi connectivity index (χ0) is 10.0. The maximum atomic E-state index is 11.0. The highest BCUT2D eigenvalue weighted by Crippen LogP contribution is 2.10. The molecule has 0 N–H and O–H groups in total. The van der Waals surface area contributed by atoms with E-state index in [-0.39, 0.29) is 18.0 Å². The normalized spacial score (nSPS) is 11.8. The van der Waals surface area contributed by atoms with Crippen molar-refractivity contribution in [3.63, 3.8) is 0 Å². The van der Waals surface area contributed by atoms with Crippen LogP contribution in [0.2, 0.25) is 0 Å². The second-order valence-corrected chi connectivity index (χ2v) is 2.27. The van der Waals surface area contributed by atoms with Crippen LogP contribution in [0.5, 0.6) is 0 Å². The molecule has 0 saturated heterocycles. The second kappa shape index (κ2) is 3.19. The molecule has 0 aliphatic heterocycles. The third kappa shape index (κ3) is 1.80. The monoisotopic (exact) mass is 151 g/mol. The first-order valence-electron chi connectivity index (χ1n) is 4.34. The van der Waals surface area contributed by atoms with E-state index in [4.69, 9.17) is 2.74 Å². The summed E-state index contributed by atoms with van der Waals surface area (Å²) in [6, 6.07) is 4.97. The second-order valence-electron chi connectivity index (χ2n) is 2.27. The van der Waals surface area contributed by atoms with Crippen molar-refractivity contribution in [3.8, 4) is 0 Å².